The molecule has 0 bridgehead atoms. The predicted molar refractivity (Wildman–Crippen MR) is 106 cm³/mol. The summed E-state index contributed by atoms with van der Waals surface area (Å²) in [5.41, 5.74) is 1.45. The molecule has 1 atom stereocenters. The van der Waals surface area contributed by atoms with Crippen LogP contribution in [0.2, 0.25) is 0 Å². The Kier molecular flexibility index (Phi) is 5.71. The highest BCUT2D eigenvalue weighted by molar-refractivity contribution is 8.02. The highest BCUT2D eigenvalue weighted by atomic mass is 32.2. The average molecular weight is 411 g/mol. The summed E-state index contributed by atoms with van der Waals surface area (Å²) in [5.74, 6) is 1.62. The summed E-state index contributed by atoms with van der Waals surface area (Å²) in [7, 11) is -0.623. The molecule has 1 unspecified atom stereocenters. The molecule has 9 heteroatoms. The Balaban J connectivity index is 1.84. The summed E-state index contributed by atoms with van der Waals surface area (Å²) < 4.78 is 36.4. The van der Waals surface area contributed by atoms with Crippen LogP contribution < -0.4 is 14.6 Å². The van der Waals surface area contributed by atoms with Crippen molar-refractivity contribution < 1.29 is 17.9 Å². The lowest BCUT2D eigenvalue weighted by molar-refractivity contribution is 0.414. The minimum atomic E-state index is -3.77. The van der Waals surface area contributed by atoms with E-state index in [1.165, 1.54) is 30.2 Å². The molecule has 1 heterocycles. The van der Waals surface area contributed by atoms with Crippen molar-refractivity contribution in [3.8, 4) is 11.5 Å². The van der Waals surface area contributed by atoms with E-state index in [4.69, 9.17) is 14.6 Å². The van der Waals surface area contributed by atoms with Crippen molar-refractivity contribution >= 4 is 43.3 Å². The molecule has 1 aromatic heterocycles. The van der Waals surface area contributed by atoms with Crippen molar-refractivity contribution in [3.05, 3.63) is 48.0 Å². The lowest BCUT2D eigenvalue weighted by Crippen LogP contribution is -2.23. The molecule has 138 valence electrons. The summed E-state index contributed by atoms with van der Waals surface area (Å²) in [6, 6.07) is 12.6. The molecular weight excluding hydrogens is 392 g/mol. The van der Waals surface area contributed by atoms with E-state index in [-0.39, 0.29) is 5.75 Å². The minimum absolute atomic E-state index is 0.267. The van der Waals surface area contributed by atoms with E-state index in [1.54, 1.807) is 31.4 Å². The van der Waals surface area contributed by atoms with Gasteiger partial charge < -0.3 is 9.47 Å². The second kappa shape index (κ2) is 7.83. The third kappa shape index (κ3) is 4.29. The van der Waals surface area contributed by atoms with Crippen LogP contribution >= 0.6 is 23.1 Å². The fraction of sp³-hybridized carbons (Fsp3) is 0.235. The van der Waals surface area contributed by atoms with Gasteiger partial charge in [0.15, 0.2) is 4.34 Å². The SMILES string of the molecule is COc1cccc(C(CSc2nc3ccc(OC)cc3s2)S(N)(=O)=O)c1. The molecule has 0 saturated heterocycles. The predicted octanol–water partition coefficient (Wildman–Crippen LogP) is 3.44. The first-order valence-corrected chi connectivity index (χ1v) is 11.0. The van der Waals surface area contributed by atoms with Crippen LogP contribution in [-0.2, 0) is 10.0 Å². The molecule has 3 rings (SSSR count). The maximum Gasteiger partial charge on any atom is 0.216 e. The molecule has 0 radical (unpaired) electrons. The summed E-state index contributed by atoms with van der Waals surface area (Å²) >= 11 is 2.86. The van der Waals surface area contributed by atoms with Crippen LogP contribution in [0.4, 0.5) is 0 Å². The van der Waals surface area contributed by atoms with E-state index in [0.29, 0.717) is 11.3 Å². The molecular formula is C17H18N2O4S3. The first-order chi connectivity index (χ1) is 12.4. The first kappa shape index (κ1) is 19.0. The van der Waals surface area contributed by atoms with Crippen LogP contribution in [0, 0.1) is 0 Å². The normalized spacial score (nSPS) is 12.9. The Morgan fingerprint density at radius 3 is 2.58 bits per heavy atom. The minimum Gasteiger partial charge on any atom is -0.497 e. The number of sulfonamides is 1. The molecule has 0 aliphatic carbocycles. The highest BCUT2D eigenvalue weighted by Gasteiger charge is 2.25. The van der Waals surface area contributed by atoms with Crippen LogP contribution in [0.1, 0.15) is 10.8 Å². The van der Waals surface area contributed by atoms with Gasteiger partial charge in [0.1, 0.15) is 16.7 Å². The van der Waals surface area contributed by atoms with Crippen LogP contribution in [-0.4, -0.2) is 33.4 Å². The number of hydrogen-bond donors (Lipinski definition) is 1. The van der Waals surface area contributed by atoms with E-state index in [1.807, 2.05) is 18.2 Å². The number of methoxy groups -OCH3 is 2. The van der Waals surface area contributed by atoms with Gasteiger partial charge in [-0.15, -0.1) is 11.3 Å². The van der Waals surface area contributed by atoms with Gasteiger partial charge in [0.25, 0.3) is 0 Å². The second-order valence-corrected chi connectivity index (χ2v) is 9.52. The fourth-order valence-corrected chi connectivity index (χ4v) is 6.01. The molecule has 3 aromatic rings. The number of ether oxygens (including phenoxy) is 2. The fourth-order valence-electron chi connectivity index (χ4n) is 2.44. The van der Waals surface area contributed by atoms with Crippen molar-refractivity contribution in [2.24, 2.45) is 5.14 Å². The van der Waals surface area contributed by atoms with Crippen molar-refractivity contribution in [1.29, 1.82) is 0 Å². The zero-order valence-electron chi connectivity index (χ0n) is 14.2. The van der Waals surface area contributed by atoms with Crippen LogP contribution in [0.25, 0.3) is 10.2 Å². The highest BCUT2D eigenvalue weighted by Crippen LogP contribution is 2.35. The Morgan fingerprint density at radius 2 is 1.88 bits per heavy atom. The first-order valence-electron chi connectivity index (χ1n) is 7.63. The maximum absolute atomic E-state index is 12.1. The molecule has 0 spiro atoms. The molecule has 0 aliphatic rings. The smallest absolute Gasteiger partial charge is 0.216 e. The Hall–Kier alpha value is -1.81. The number of benzene rings is 2. The number of nitrogens with two attached hydrogens (primary N) is 1. The van der Waals surface area contributed by atoms with Gasteiger partial charge in [0.05, 0.1) is 24.4 Å². The summed E-state index contributed by atoms with van der Waals surface area (Å²) in [6.45, 7) is 0. The molecule has 2 aromatic carbocycles. The number of hydrogen-bond acceptors (Lipinski definition) is 7. The van der Waals surface area contributed by atoms with Gasteiger partial charge in [-0.25, -0.2) is 18.5 Å². The molecule has 0 saturated carbocycles. The summed E-state index contributed by atoms with van der Waals surface area (Å²) in [5, 5.41) is 4.62. The van der Waals surface area contributed by atoms with Crippen LogP contribution in [0.3, 0.4) is 0 Å². The molecule has 0 aliphatic heterocycles. The molecule has 2 N–H and O–H groups in total. The van der Waals surface area contributed by atoms with Crippen LogP contribution in [0.15, 0.2) is 46.8 Å². The van der Waals surface area contributed by atoms with Gasteiger partial charge in [-0.1, -0.05) is 23.9 Å². The van der Waals surface area contributed by atoms with E-state index in [9.17, 15) is 8.42 Å². The third-order valence-corrected chi connectivity index (χ3v) is 7.49. The van der Waals surface area contributed by atoms with Crippen molar-refractivity contribution in [2.45, 2.75) is 9.59 Å². The molecule has 26 heavy (non-hydrogen) atoms. The largest absolute Gasteiger partial charge is 0.497 e. The quantitative estimate of drug-likeness (QED) is 0.600. The van der Waals surface area contributed by atoms with Gasteiger partial charge in [0, 0.05) is 5.75 Å². The zero-order chi connectivity index (χ0) is 18.7. The van der Waals surface area contributed by atoms with Crippen molar-refractivity contribution in [2.75, 3.05) is 20.0 Å². The monoisotopic (exact) mass is 410 g/mol. The van der Waals surface area contributed by atoms with E-state index < -0.39 is 15.3 Å². The van der Waals surface area contributed by atoms with Gasteiger partial charge in [0.2, 0.25) is 10.0 Å². The maximum atomic E-state index is 12.1. The lowest BCUT2D eigenvalue weighted by Gasteiger charge is -2.15. The number of nitrogens with zero attached hydrogens (tertiary/aromatic N) is 1. The van der Waals surface area contributed by atoms with Gasteiger partial charge in [-0.2, -0.15) is 0 Å². The number of aromatic nitrogens is 1. The van der Waals surface area contributed by atoms with Crippen LogP contribution in [0.5, 0.6) is 11.5 Å². The van der Waals surface area contributed by atoms with E-state index >= 15 is 0 Å². The second-order valence-electron chi connectivity index (χ2n) is 5.48. The number of thiazole rings is 1. The Labute approximate surface area is 160 Å². The van der Waals surface area contributed by atoms with Crippen molar-refractivity contribution in [1.82, 2.24) is 4.98 Å². The Morgan fingerprint density at radius 1 is 1.15 bits per heavy atom. The number of thioether (sulfide) groups is 1. The zero-order valence-corrected chi connectivity index (χ0v) is 16.7. The average Bonchev–Trinajstić information content (AvgIpc) is 3.02. The number of fused-ring (bicyclic) bond motifs is 1. The lowest BCUT2D eigenvalue weighted by atomic mass is 10.1. The third-order valence-electron chi connectivity index (χ3n) is 3.80. The Bertz CT molecular complexity index is 1020. The van der Waals surface area contributed by atoms with E-state index in [0.717, 1.165) is 20.3 Å². The van der Waals surface area contributed by atoms with E-state index in [2.05, 4.69) is 4.98 Å². The van der Waals surface area contributed by atoms with Gasteiger partial charge in [-0.05, 0) is 35.9 Å². The summed E-state index contributed by atoms with van der Waals surface area (Å²) in [6.07, 6.45) is 0. The number of rotatable bonds is 7. The topological polar surface area (TPSA) is 91.5 Å². The number of primary sulfonamides is 1. The van der Waals surface area contributed by atoms with Gasteiger partial charge >= 0.3 is 0 Å². The molecule has 6 nitrogen and oxygen atoms in total. The molecule has 0 amide bonds. The van der Waals surface area contributed by atoms with Crippen molar-refractivity contribution in [3.63, 3.8) is 0 Å². The standard InChI is InChI=1S/C17H18N2O4S3/c1-22-12-5-3-4-11(8-12)16(26(18,20)21)10-24-17-19-14-7-6-13(23-2)9-15(14)25-17/h3-9,16H,10H2,1-2H3,(H2,18,20,21). The summed E-state index contributed by atoms with van der Waals surface area (Å²) in [4.78, 5) is 4.54. The molecule has 0 fully saturated rings. The van der Waals surface area contributed by atoms with Gasteiger partial charge in [-0.3, -0.25) is 0 Å².